The molecule has 0 fully saturated rings. The standard InChI is InChI=1S/C8H18ClNO2S/c1-7(5-9)10-13(11,12)6-8(2,3)4/h7,10H,5-6H2,1-4H3. The minimum atomic E-state index is -3.19. The van der Waals surface area contributed by atoms with Crippen molar-refractivity contribution in [1.82, 2.24) is 4.72 Å². The lowest BCUT2D eigenvalue weighted by atomic mass is 10.0. The van der Waals surface area contributed by atoms with Crippen molar-refractivity contribution in [3.05, 3.63) is 0 Å². The molecular formula is C8H18ClNO2S. The first-order chi connectivity index (χ1) is 5.66. The molecule has 0 heterocycles. The average molecular weight is 228 g/mol. The molecule has 3 nitrogen and oxygen atoms in total. The molecular weight excluding hydrogens is 210 g/mol. The molecule has 0 aliphatic carbocycles. The number of rotatable bonds is 4. The first-order valence-electron chi connectivity index (χ1n) is 4.22. The minimum absolute atomic E-state index is 0.126. The Morgan fingerprint density at radius 1 is 1.38 bits per heavy atom. The molecule has 0 radical (unpaired) electrons. The molecule has 0 aliphatic rings. The quantitative estimate of drug-likeness (QED) is 0.742. The predicted molar refractivity (Wildman–Crippen MR) is 56.6 cm³/mol. The van der Waals surface area contributed by atoms with Crippen LogP contribution < -0.4 is 4.72 Å². The largest absolute Gasteiger partial charge is 0.212 e. The van der Waals surface area contributed by atoms with Crippen LogP contribution in [-0.4, -0.2) is 26.1 Å². The smallest absolute Gasteiger partial charge is 0.212 e. The van der Waals surface area contributed by atoms with Gasteiger partial charge in [0.05, 0.1) is 5.75 Å². The zero-order valence-electron chi connectivity index (χ0n) is 8.59. The van der Waals surface area contributed by atoms with Gasteiger partial charge in [0.25, 0.3) is 0 Å². The van der Waals surface area contributed by atoms with Crippen LogP contribution in [0.3, 0.4) is 0 Å². The van der Waals surface area contributed by atoms with E-state index < -0.39 is 10.0 Å². The Hall–Kier alpha value is 0.200. The second-order valence-corrected chi connectivity index (χ2v) is 6.56. The van der Waals surface area contributed by atoms with Gasteiger partial charge in [-0.25, -0.2) is 13.1 Å². The second-order valence-electron chi connectivity index (χ2n) is 4.49. The molecule has 5 heteroatoms. The summed E-state index contributed by atoms with van der Waals surface area (Å²) in [4.78, 5) is 0. The van der Waals surface area contributed by atoms with E-state index in [9.17, 15) is 8.42 Å². The molecule has 0 rings (SSSR count). The molecule has 0 aromatic heterocycles. The molecule has 1 atom stereocenters. The van der Waals surface area contributed by atoms with Crippen molar-refractivity contribution in [2.75, 3.05) is 11.6 Å². The highest BCUT2D eigenvalue weighted by molar-refractivity contribution is 7.89. The molecule has 0 spiro atoms. The zero-order valence-corrected chi connectivity index (χ0v) is 10.2. The zero-order chi connectivity index (χ0) is 10.7. The van der Waals surface area contributed by atoms with E-state index in [1.54, 1.807) is 6.92 Å². The van der Waals surface area contributed by atoms with Crippen LogP contribution in [0.2, 0.25) is 0 Å². The molecule has 1 unspecified atom stereocenters. The van der Waals surface area contributed by atoms with E-state index in [1.807, 2.05) is 20.8 Å². The van der Waals surface area contributed by atoms with E-state index >= 15 is 0 Å². The SMILES string of the molecule is CC(CCl)NS(=O)(=O)CC(C)(C)C. The maximum Gasteiger partial charge on any atom is 0.212 e. The first-order valence-corrected chi connectivity index (χ1v) is 6.41. The van der Waals surface area contributed by atoms with Gasteiger partial charge < -0.3 is 0 Å². The van der Waals surface area contributed by atoms with Gasteiger partial charge in [0.2, 0.25) is 10.0 Å². The fourth-order valence-corrected chi connectivity index (χ4v) is 3.04. The van der Waals surface area contributed by atoms with Crippen molar-refractivity contribution in [2.45, 2.75) is 33.7 Å². The van der Waals surface area contributed by atoms with Crippen molar-refractivity contribution in [1.29, 1.82) is 0 Å². The first kappa shape index (κ1) is 13.2. The van der Waals surface area contributed by atoms with E-state index in [4.69, 9.17) is 11.6 Å². The maximum absolute atomic E-state index is 11.4. The Balaban J connectivity index is 4.27. The third kappa shape index (κ3) is 7.28. The number of halogens is 1. The normalized spacial score (nSPS) is 15.8. The van der Waals surface area contributed by atoms with Gasteiger partial charge in [0.1, 0.15) is 0 Å². The number of sulfonamides is 1. The highest BCUT2D eigenvalue weighted by Gasteiger charge is 2.22. The fourth-order valence-electron chi connectivity index (χ4n) is 0.950. The van der Waals surface area contributed by atoms with Gasteiger partial charge >= 0.3 is 0 Å². The maximum atomic E-state index is 11.4. The summed E-state index contributed by atoms with van der Waals surface area (Å²) in [5.74, 6) is 0.421. The Kier molecular flexibility index (Phi) is 4.69. The third-order valence-corrected chi connectivity index (χ3v) is 3.71. The number of nitrogens with one attached hydrogen (secondary N) is 1. The molecule has 0 aromatic rings. The van der Waals surface area contributed by atoms with Crippen LogP contribution in [0.25, 0.3) is 0 Å². The summed E-state index contributed by atoms with van der Waals surface area (Å²) >= 11 is 5.50. The van der Waals surface area contributed by atoms with Crippen molar-refractivity contribution in [3.8, 4) is 0 Å². The third-order valence-electron chi connectivity index (χ3n) is 1.24. The van der Waals surface area contributed by atoms with Gasteiger partial charge in [-0.2, -0.15) is 0 Å². The van der Waals surface area contributed by atoms with Crippen LogP contribution in [0.15, 0.2) is 0 Å². The fraction of sp³-hybridized carbons (Fsp3) is 1.00. The van der Waals surface area contributed by atoms with Crippen molar-refractivity contribution in [3.63, 3.8) is 0 Å². The lowest BCUT2D eigenvalue weighted by Crippen LogP contribution is -2.38. The molecule has 13 heavy (non-hydrogen) atoms. The lowest BCUT2D eigenvalue weighted by Gasteiger charge is -2.19. The van der Waals surface area contributed by atoms with Gasteiger partial charge in [0.15, 0.2) is 0 Å². The molecule has 80 valence electrons. The second kappa shape index (κ2) is 4.62. The van der Waals surface area contributed by atoms with E-state index in [2.05, 4.69) is 4.72 Å². The van der Waals surface area contributed by atoms with Crippen LogP contribution in [-0.2, 0) is 10.0 Å². The topological polar surface area (TPSA) is 46.2 Å². The number of alkyl halides is 1. The van der Waals surface area contributed by atoms with Crippen molar-refractivity contribution >= 4 is 21.6 Å². The van der Waals surface area contributed by atoms with Gasteiger partial charge in [0, 0.05) is 11.9 Å². The number of hydrogen-bond acceptors (Lipinski definition) is 2. The Labute approximate surface area is 85.9 Å². The summed E-state index contributed by atoms with van der Waals surface area (Å²) in [5.41, 5.74) is -0.224. The van der Waals surface area contributed by atoms with Gasteiger partial charge in [-0.15, -0.1) is 11.6 Å². The highest BCUT2D eigenvalue weighted by Crippen LogP contribution is 2.15. The van der Waals surface area contributed by atoms with Crippen LogP contribution >= 0.6 is 11.6 Å². The van der Waals surface area contributed by atoms with Crippen molar-refractivity contribution in [2.24, 2.45) is 5.41 Å². The summed E-state index contributed by atoms with van der Waals surface area (Å²) < 4.78 is 25.4. The van der Waals surface area contributed by atoms with E-state index in [0.29, 0.717) is 5.88 Å². The molecule has 0 amide bonds. The molecule has 0 aromatic carbocycles. The Morgan fingerprint density at radius 2 is 1.85 bits per heavy atom. The number of hydrogen-bond donors (Lipinski definition) is 1. The average Bonchev–Trinajstić information content (AvgIpc) is 1.80. The predicted octanol–water partition coefficient (Wildman–Crippen LogP) is 1.58. The van der Waals surface area contributed by atoms with Crippen LogP contribution in [0.5, 0.6) is 0 Å². The minimum Gasteiger partial charge on any atom is -0.212 e. The van der Waals surface area contributed by atoms with Crippen LogP contribution in [0, 0.1) is 5.41 Å². The summed E-state index contributed by atoms with van der Waals surface area (Å²) in [6.45, 7) is 7.40. The summed E-state index contributed by atoms with van der Waals surface area (Å²) in [6.07, 6.45) is 0. The van der Waals surface area contributed by atoms with E-state index in [-0.39, 0.29) is 17.2 Å². The highest BCUT2D eigenvalue weighted by atomic mass is 35.5. The van der Waals surface area contributed by atoms with Crippen LogP contribution in [0.1, 0.15) is 27.7 Å². The summed E-state index contributed by atoms with van der Waals surface area (Å²) in [6, 6.07) is -0.200. The monoisotopic (exact) mass is 227 g/mol. The lowest BCUT2D eigenvalue weighted by molar-refractivity contribution is 0.456. The van der Waals surface area contributed by atoms with E-state index in [0.717, 1.165) is 0 Å². The molecule has 1 N–H and O–H groups in total. The van der Waals surface area contributed by atoms with Gasteiger partial charge in [-0.05, 0) is 12.3 Å². The Morgan fingerprint density at radius 3 is 2.15 bits per heavy atom. The van der Waals surface area contributed by atoms with Gasteiger partial charge in [-0.3, -0.25) is 0 Å². The Bertz CT molecular complexity index is 243. The van der Waals surface area contributed by atoms with Gasteiger partial charge in [-0.1, -0.05) is 20.8 Å². The summed E-state index contributed by atoms with van der Waals surface area (Å²) in [7, 11) is -3.19. The molecule has 0 aliphatic heterocycles. The molecule has 0 saturated heterocycles. The molecule has 0 bridgehead atoms. The molecule has 0 saturated carbocycles. The van der Waals surface area contributed by atoms with Crippen molar-refractivity contribution < 1.29 is 8.42 Å². The van der Waals surface area contributed by atoms with Crippen LogP contribution in [0.4, 0.5) is 0 Å². The van der Waals surface area contributed by atoms with E-state index in [1.165, 1.54) is 0 Å². The summed E-state index contributed by atoms with van der Waals surface area (Å²) in [5, 5.41) is 0.